The van der Waals surface area contributed by atoms with Gasteiger partial charge in [0.1, 0.15) is 5.75 Å². The largest absolute Gasteiger partial charge is 0.493 e. The van der Waals surface area contributed by atoms with Crippen LogP contribution in [-0.4, -0.2) is 37.9 Å². The predicted molar refractivity (Wildman–Crippen MR) is 109 cm³/mol. The van der Waals surface area contributed by atoms with Crippen LogP contribution in [0.4, 0.5) is 0 Å². The third kappa shape index (κ3) is 4.58. The molecular weight excluding hydrogens is 358 g/mol. The predicted octanol–water partition coefficient (Wildman–Crippen LogP) is 5.15. The monoisotopic (exact) mass is 387 g/mol. The van der Waals surface area contributed by atoms with Gasteiger partial charge in [0.05, 0.1) is 6.61 Å². The molecule has 2 atom stereocenters. The Morgan fingerprint density at radius 1 is 1.19 bits per heavy atom. The van der Waals surface area contributed by atoms with Crippen molar-refractivity contribution in [3.63, 3.8) is 0 Å². The summed E-state index contributed by atoms with van der Waals surface area (Å²) in [5, 5.41) is 4.50. The Labute approximate surface area is 166 Å². The lowest BCUT2D eigenvalue weighted by Gasteiger charge is -2.38. The number of likely N-dealkylation sites (tertiary alicyclic amines) is 1. The maximum atomic E-state index is 6.21. The average Bonchev–Trinajstić information content (AvgIpc) is 3.38. The van der Waals surface area contributed by atoms with Gasteiger partial charge >= 0.3 is 0 Å². The van der Waals surface area contributed by atoms with Gasteiger partial charge in [-0.15, -0.1) is 0 Å². The number of thiophene rings is 1. The molecule has 0 bridgehead atoms. The molecule has 2 unspecified atom stereocenters. The summed E-state index contributed by atoms with van der Waals surface area (Å²) in [4.78, 5) is 2.63. The van der Waals surface area contributed by atoms with Gasteiger partial charge in [0.15, 0.2) is 11.5 Å². The molecule has 0 amide bonds. The Balaban J connectivity index is 1.40. The Kier molecular flexibility index (Phi) is 6.20. The molecule has 0 spiro atoms. The van der Waals surface area contributed by atoms with E-state index in [0.29, 0.717) is 18.6 Å². The van der Waals surface area contributed by atoms with E-state index in [0.717, 1.165) is 30.4 Å². The average molecular weight is 388 g/mol. The van der Waals surface area contributed by atoms with Crippen molar-refractivity contribution in [2.75, 3.05) is 33.0 Å². The molecule has 5 heteroatoms. The normalized spacial score (nSPS) is 22.1. The Bertz CT molecular complexity index is 718. The van der Waals surface area contributed by atoms with Gasteiger partial charge < -0.3 is 19.1 Å². The Morgan fingerprint density at radius 3 is 2.96 bits per heavy atom. The fraction of sp³-hybridized carbons (Fsp3) is 0.545. The summed E-state index contributed by atoms with van der Waals surface area (Å²) in [6, 6.07) is 8.15. The highest BCUT2D eigenvalue weighted by atomic mass is 32.1. The first-order chi connectivity index (χ1) is 13.3. The van der Waals surface area contributed by atoms with Crippen molar-refractivity contribution in [2.24, 2.45) is 5.92 Å². The number of hydrogen-bond acceptors (Lipinski definition) is 5. The minimum absolute atomic E-state index is 0.300. The van der Waals surface area contributed by atoms with E-state index in [1.165, 1.54) is 44.3 Å². The van der Waals surface area contributed by atoms with Crippen LogP contribution in [0, 0.1) is 5.92 Å². The van der Waals surface area contributed by atoms with Gasteiger partial charge in [-0.05, 0) is 66.4 Å². The molecule has 146 valence electrons. The van der Waals surface area contributed by atoms with Crippen LogP contribution >= 0.6 is 11.3 Å². The molecule has 0 radical (unpaired) electrons. The van der Waals surface area contributed by atoms with E-state index in [1.54, 1.807) is 11.3 Å². The second-order valence-corrected chi connectivity index (χ2v) is 8.33. The molecule has 2 aliphatic rings. The van der Waals surface area contributed by atoms with Gasteiger partial charge in [-0.2, -0.15) is 11.3 Å². The zero-order valence-electron chi connectivity index (χ0n) is 16.1. The van der Waals surface area contributed by atoms with Gasteiger partial charge in [-0.1, -0.05) is 19.8 Å². The highest BCUT2D eigenvalue weighted by molar-refractivity contribution is 7.07. The molecule has 27 heavy (non-hydrogen) atoms. The quantitative estimate of drug-likeness (QED) is 0.586. The van der Waals surface area contributed by atoms with Gasteiger partial charge in [0.25, 0.3) is 0 Å². The van der Waals surface area contributed by atoms with Crippen LogP contribution in [0.15, 0.2) is 35.0 Å². The van der Waals surface area contributed by atoms with Crippen LogP contribution in [-0.2, 0) is 0 Å². The first-order valence-corrected chi connectivity index (χ1v) is 11.0. The molecule has 2 aliphatic heterocycles. The molecule has 2 aromatic rings. The van der Waals surface area contributed by atoms with E-state index in [1.807, 2.05) is 18.2 Å². The number of ether oxygens (including phenoxy) is 3. The number of benzene rings is 1. The number of rotatable bonds is 8. The van der Waals surface area contributed by atoms with Crippen molar-refractivity contribution in [3.05, 3.63) is 40.6 Å². The summed E-state index contributed by atoms with van der Waals surface area (Å²) in [6.07, 6.45) is 5.12. The maximum Gasteiger partial charge on any atom is 0.231 e. The van der Waals surface area contributed by atoms with Crippen molar-refractivity contribution < 1.29 is 14.2 Å². The van der Waals surface area contributed by atoms with E-state index in [2.05, 4.69) is 28.7 Å². The van der Waals surface area contributed by atoms with Crippen LogP contribution in [0.1, 0.15) is 44.1 Å². The van der Waals surface area contributed by atoms with E-state index < -0.39 is 0 Å². The molecule has 1 aromatic carbocycles. The lowest BCUT2D eigenvalue weighted by atomic mass is 9.82. The van der Waals surface area contributed by atoms with E-state index in [-0.39, 0.29) is 0 Å². The van der Waals surface area contributed by atoms with E-state index >= 15 is 0 Å². The van der Waals surface area contributed by atoms with Crippen molar-refractivity contribution in [2.45, 2.75) is 38.5 Å². The fourth-order valence-electron chi connectivity index (χ4n) is 4.16. The molecular formula is C22H29NO3S. The minimum Gasteiger partial charge on any atom is -0.493 e. The smallest absolute Gasteiger partial charge is 0.231 e. The van der Waals surface area contributed by atoms with Gasteiger partial charge in [0, 0.05) is 18.5 Å². The summed E-state index contributed by atoms with van der Waals surface area (Å²) in [5.74, 6) is 3.56. The zero-order chi connectivity index (χ0) is 18.5. The Hall–Kier alpha value is -1.72. The summed E-state index contributed by atoms with van der Waals surface area (Å²) in [7, 11) is 0. The lowest BCUT2D eigenvalue weighted by molar-refractivity contribution is 0.109. The van der Waals surface area contributed by atoms with E-state index in [9.17, 15) is 0 Å². The SMILES string of the molecule is CCCCCN1CCC(c2ccsc2)C(COc2ccc3c(c2)OCO3)C1. The van der Waals surface area contributed by atoms with Gasteiger partial charge in [-0.25, -0.2) is 0 Å². The third-order valence-corrected chi connectivity index (χ3v) is 6.38. The second-order valence-electron chi connectivity index (χ2n) is 7.55. The van der Waals surface area contributed by atoms with Crippen molar-refractivity contribution in [3.8, 4) is 17.2 Å². The van der Waals surface area contributed by atoms with Crippen LogP contribution in [0.3, 0.4) is 0 Å². The zero-order valence-corrected chi connectivity index (χ0v) is 16.9. The lowest BCUT2D eigenvalue weighted by Crippen LogP contribution is -2.42. The molecule has 3 heterocycles. The highest BCUT2D eigenvalue weighted by Gasteiger charge is 2.31. The second kappa shape index (κ2) is 8.98. The van der Waals surface area contributed by atoms with Crippen molar-refractivity contribution in [1.82, 2.24) is 4.90 Å². The number of unbranched alkanes of at least 4 members (excludes halogenated alkanes) is 2. The van der Waals surface area contributed by atoms with Crippen LogP contribution in [0.5, 0.6) is 17.2 Å². The number of piperidine rings is 1. The number of fused-ring (bicyclic) bond motifs is 1. The van der Waals surface area contributed by atoms with Crippen LogP contribution < -0.4 is 14.2 Å². The molecule has 4 rings (SSSR count). The molecule has 0 saturated carbocycles. The first-order valence-electron chi connectivity index (χ1n) is 10.1. The molecule has 0 aliphatic carbocycles. The highest BCUT2D eigenvalue weighted by Crippen LogP contribution is 2.37. The minimum atomic E-state index is 0.300. The third-order valence-electron chi connectivity index (χ3n) is 5.68. The Morgan fingerprint density at radius 2 is 2.11 bits per heavy atom. The number of hydrogen-bond donors (Lipinski definition) is 0. The van der Waals surface area contributed by atoms with Crippen LogP contribution in [0.25, 0.3) is 0 Å². The van der Waals surface area contributed by atoms with E-state index in [4.69, 9.17) is 14.2 Å². The standard InChI is InChI=1S/C22H29NO3S/c1-2-3-4-9-23-10-7-20(17-8-11-27-15-17)18(13-23)14-24-19-5-6-21-22(12-19)26-16-25-21/h5-6,8,11-12,15,18,20H,2-4,7,9-10,13-14,16H2,1H3. The van der Waals surface area contributed by atoms with Gasteiger partial charge in [0.2, 0.25) is 6.79 Å². The van der Waals surface area contributed by atoms with Crippen molar-refractivity contribution in [1.29, 1.82) is 0 Å². The van der Waals surface area contributed by atoms with Gasteiger partial charge in [-0.3, -0.25) is 0 Å². The molecule has 1 saturated heterocycles. The maximum absolute atomic E-state index is 6.21. The molecule has 0 N–H and O–H groups in total. The number of nitrogens with zero attached hydrogens (tertiary/aromatic N) is 1. The molecule has 1 fully saturated rings. The summed E-state index contributed by atoms with van der Waals surface area (Å²) < 4.78 is 17.1. The van der Waals surface area contributed by atoms with Crippen LogP contribution in [0.2, 0.25) is 0 Å². The summed E-state index contributed by atoms with van der Waals surface area (Å²) >= 11 is 1.80. The first kappa shape index (κ1) is 18.6. The molecule has 1 aromatic heterocycles. The fourth-order valence-corrected chi connectivity index (χ4v) is 4.88. The summed E-state index contributed by atoms with van der Waals surface area (Å²) in [6.45, 7) is 6.84. The molecule has 4 nitrogen and oxygen atoms in total. The summed E-state index contributed by atoms with van der Waals surface area (Å²) in [5.41, 5.74) is 1.48. The van der Waals surface area contributed by atoms with Crippen molar-refractivity contribution >= 4 is 11.3 Å². The topological polar surface area (TPSA) is 30.9 Å².